The van der Waals surface area contributed by atoms with Crippen LogP contribution in [0, 0.1) is 5.82 Å². The first-order valence-corrected chi connectivity index (χ1v) is 7.81. The number of aryl methyl sites for hydroxylation is 1. The number of aromatic nitrogens is 2. The molecular weight excluding hydrogens is 317 g/mol. The van der Waals surface area contributed by atoms with E-state index in [1.807, 2.05) is 29.2 Å². The quantitative estimate of drug-likeness (QED) is 0.661. The van der Waals surface area contributed by atoms with E-state index >= 15 is 0 Å². The van der Waals surface area contributed by atoms with Crippen molar-refractivity contribution in [3.63, 3.8) is 0 Å². The van der Waals surface area contributed by atoms with E-state index in [-0.39, 0.29) is 5.02 Å². The molecule has 0 unspecified atom stereocenters. The second-order valence-electron chi connectivity index (χ2n) is 5.23. The van der Waals surface area contributed by atoms with Crippen LogP contribution in [0.5, 0.6) is 0 Å². The van der Waals surface area contributed by atoms with Crippen molar-refractivity contribution in [1.29, 1.82) is 0 Å². The fourth-order valence-corrected chi connectivity index (χ4v) is 2.48. The maximum absolute atomic E-state index is 13.2. The molecule has 3 rings (SSSR count). The second kappa shape index (κ2) is 7.44. The summed E-state index contributed by atoms with van der Waals surface area (Å²) >= 11 is 5.80. The standard InChI is InChI=1S/C17H17ClFN3O/c18-15-10-13(2-4-16(15)19)17-5-3-14(23-17)11-20-6-1-8-22-9-7-21-12-22/h2-5,7,9-10,12,20H,1,6,8,11H2. The maximum Gasteiger partial charge on any atom is 0.141 e. The molecule has 1 aromatic carbocycles. The van der Waals surface area contributed by atoms with Crippen molar-refractivity contribution in [2.45, 2.75) is 19.5 Å². The van der Waals surface area contributed by atoms with Crippen LogP contribution in [0.3, 0.4) is 0 Å². The monoisotopic (exact) mass is 333 g/mol. The lowest BCUT2D eigenvalue weighted by Gasteiger charge is -2.04. The van der Waals surface area contributed by atoms with E-state index in [1.165, 1.54) is 6.07 Å². The summed E-state index contributed by atoms with van der Waals surface area (Å²) in [5.41, 5.74) is 0.766. The van der Waals surface area contributed by atoms with Gasteiger partial charge in [0.2, 0.25) is 0 Å². The zero-order chi connectivity index (χ0) is 16.1. The van der Waals surface area contributed by atoms with E-state index < -0.39 is 5.82 Å². The first-order chi connectivity index (χ1) is 11.2. The Morgan fingerprint density at radius 1 is 1.26 bits per heavy atom. The molecule has 0 saturated heterocycles. The van der Waals surface area contributed by atoms with Gasteiger partial charge in [-0.1, -0.05) is 11.6 Å². The smallest absolute Gasteiger partial charge is 0.141 e. The molecule has 3 aromatic rings. The third kappa shape index (κ3) is 4.21. The fraction of sp³-hybridized carbons (Fsp3) is 0.235. The average molecular weight is 334 g/mol. The molecule has 0 spiro atoms. The van der Waals surface area contributed by atoms with E-state index in [1.54, 1.807) is 18.3 Å². The number of imidazole rings is 1. The molecule has 0 aliphatic rings. The molecule has 0 aliphatic carbocycles. The highest BCUT2D eigenvalue weighted by molar-refractivity contribution is 6.31. The molecular formula is C17H17ClFN3O. The van der Waals surface area contributed by atoms with E-state index in [4.69, 9.17) is 16.0 Å². The zero-order valence-electron chi connectivity index (χ0n) is 12.5. The van der Waals surface area contributed by atoms with E-state index in [0.717, 1.165) is 30.8 Å². The molecule has 0 aliphatic heterocycles. The summed E-state index contributed by atoms with van der Waals surface area (Å²) in [5.74, 6) is 1.09. The Kier molecular flexibility index (Phi) is 5.10. The van der Waals surface area contributed by atoms with Gasteiger partial charge >= 0.3 is 0 Å². The number of hydrogen-bond donors (Lipinski definition) is 1. The van der Waals surface area contributed by atoms with Crippen molar-refractivity contribution < 1.29 is 8.81 Å². The maximum atomic E-state index is 13.2. The molecule has 0 radical (unpaired) electrons. The van der Waals surface area contributed by atoms with Crippen LogP contribution in [0.15, 0.2) is 53.5 Å². The number of hydrogen-bond acceptors (Lipinski definition) is 3. The van der Waals surface area contributed by atoms with Gasteiger partial charge < -0.3 is 14.3 Å². The summed E-state index contributed by atoms with van der Waals surface area (Å²) in [6.45, 7) is 2.47. The molecule has 120 valence electrons. The summed E-state index contributed by atoms with van der Waals surface area (Å²) in [6, 6.07) is 8.34. The number of nitrogens with one attached hydrogen (secondary N) is 1. The molecule has 4 nitrogen and oxygen atoms in total. The van der Waals surface area contributed by atoms with Crippen molar-refractivity contribution in [2.75, 3.05) is 6.54 Å². The van der Waals surface area contributed by atoms with Gasteiger partial charge in [-0.15, -0.1) is 0 Å². The van der Waals surface area contributed by atoms with Crippen LogP contribution in [-0.4, -0.2) is 16.1 Å². The summed E-state index contributed by atoms with van der Waals surface area (Å²) in [5, 5.41) is 3.43. The van der Waals surface area contributed by atoms with Crippen LogP contribution in [0.25, 0.3) is 11.3 Å². The van der Waals surface area contributed by atoms with Gasteiger partial charge in [-0.3, -0.25) is 0 Å². The SMILES string of the molecule is Fc1ccc(-c2ccc(CNCCCn3ccnc3)o2)cc1Cl. The highest BCUT2D eigenvalue weighted by Gasteiger charge is 2.07. The lowest BCUT2D eigenvalue weighted by atomic mass is 10.2. The van der Waals surface area contributed by atoms with E-state index in [2.05, 4.69) is 10.3 Å². The number of halogens is 2. The van der Waals surface area contributed by atoms with E-state index in [0.29, 0.717) is 12.3 Å². The van der Waals surface area contributed by atoms with Gasteiger partial charge in [0.25, 0.3) is 0 Å². The minimum absolute atomic E-state index is 0.0954. The topological polar surface area (TPSA) is 43.0 Å². The lowest BCUT2D eigenvalue weighted by molar-refractivity contribution is 0.484. The number of benzene rings is 1. The molecule has 2 heterocycles. The summed E-state index contributed by atoms with van der Waals surface area (Å²) in [7, 11) is 0. The number of rotatable bonds is 7. The predicted octanol–water partition coefficient (Wildman–Crippen LogP) is 4.12. The van der Waals surface area contributed by atoms with Crippen molar-refractivity contribution in [2.24, 2.45) is 0 Å². The molecule has 0 bridgehead atoms. The second-order valence-corrected chi connectivity index (χ2v) is 5.63. The lowest BCUT2D eigenvalue weighted by Crippen LogP contribution is -2.15. The average Bonchev–Trinajstić information content (AvgIpc) is 3.21. The van der Waals surface area contributed by atoms with Crippen LogP contribution in [0.2, 0.25) is 5.02 Å². The van der Waals surface area contributed by atoms with Crippen LogP contribution in [0.1, 0.15) is 12.2 Å². The van der Waals surface area contributed by atoms with Crippen LogP contribution in [-0.2, 0) is 13.1 Å². The largest absolute Gasteiger partial charge is 0.460 e. The Bertz CT molecular complexity index is 755. The Labute approximate surface area is 138 Å². The number of furan rings is 1. The molecule has 1 N–H and O–H groups in total. The molecule has 0 saturated carbocycles. The first-order valence-electron chi connectivity index (χ1n) is 7.43. The highest BCUT2D eigenvalue weighted by Crippen LogP contribution is 2.26. The van der Waals surface area contributed by atoms with Gasteiger partial charge in [0.05, 0.1) is 17.9 Å². The Hall–Kier alpha value is -2.11. The van der Waals surface area contributed by atoms with Crippen molar-refractivity contribution >= 4 is 11.6 Å². The van der Waals surface area contributed by atoms with Gasteiger partial charge in [-0.25, -0.2) is 9.37 Å². The Balaban J connectivity index is 1.48. The third-order valence-electron chi connectivity index (χ3n) is 3.49. The van der Waals surface area contributed by atoms with Crippen molar-refractivity contribution in [1.82, 2.24) is 14.9 Å². The predicted molar refractivity (Wildman–Crippen MR) is 87.7 cm³/mol. The van der Waals surface area contributed by atoms with Gasteiger partial charge in [-0.05, 0) is 43.3 Å². The molecule has 23 heavy (non-hydrogen) atoms. The van der Waals surface area contributed by atoms with Gasteiger partial charge in [0.15, 0.2) is 0 Å². The summed E-state index contributed by atoms with van der Waals surface area (Å²) in [6.07, 6.45) is 6.55. The summed E-state index contributed by atoms with van der Waals surface area (Å²) < 4.78 is 21.0. The minimum atomic E-state index is -0.429. The number of nitrogens with zero attached hydrogens (tertiary/aromatic N) is 2. The third-order valence-corrected chi connectivity index (χ3v) is 3.78. The van der Waals surface area contributed by atoms with Crippen LogP contribution < -0.4 is 5.32 Å². The fourth-order valence-electron chi connectivity index (χ4n) is 2.29. The zero-order valence-corrected chi connectivity index (χ0v) is 13.3. The molecule has 2 aromatic heterocycles. The van der Waals surface area contributed by atoms with Crippen molar-refractivity contribution in [3.05, 3.63) is 65.7 Å². The molecule has 0 amide bonds. The van der Waals surface area contributed by atoms with Gasteiger partial charge in [-0.2, -0.15) is 0 Å². The Morgan fingerprint density at radius 3 is 2.96 bits per heavy atom. The summed E-state index contributed by atoms with van der Waals surface area (Å²) in [4.78, 5) is 4.01. The van der Waals surface area contributed by atoms with Crippen molar-refractivity contribution in [3.8, 4) is 11.3 Å². The normalized spacial score (nSPS) is 11.0. The van der Waals surface area contributed by atoms with E-state index in [9.17, 15) is 4.39 Å². The van der Waals surface area contributed by atoms with Gasteiger partial charge in [0, 0.05) is 24.5 Å². The highest BCUT2D eigenvalue weighted by atomic mass is 35.5. The minimum Gasteiger partial charge on any atom is -0.460 e. The van der Waals surface area contributed by atoms with Crippen LogP contribution >= 0.6 is 11.6 Å². The van der Waals surface area contributed by atoms with Gasteiger partial charge in [0.1, 0.15) is 17.3 Å². The molecule has 6 heteroatoms. The van der Waals surface area contributed by atoms with Crippen LogP contribution in [0.4, 0.5) is 4.39 Å². The Morgan fingerprint density at radius 2 is 2.17 bits per heavy atom. The molecule has 0 atom stereocenters. The molecule has 0 fully saturated rings. The first kappa shape index (κ1) is 15.8.